The highest BCUT2D eigenvalue weighted by Gasteiger charge is 2.30. The maximum absolute atomic E-state index is 10.7. The second kappa shape index (κ2) is 4.53. The molecule has 16 heavy (non-hydrogen) atoms. The monoisotopic (exact) mass is 221 g/mol. The van der Waals surface area contributed by atoms with Gasteiger partial charge in [-0.15, -0.1) is 0 Å². The summed E-state index contributed by atoms with van der Waals surface area (Å²) in [6.07, 6.45) is 0.464. The number of hydrogen-bond donors (Lipinski definition) is 2. The predicted molar refractivity (Wildman–Crippen MR) is 59.6 cm³/mol. The Balaban J connectivity index is 1.94. The molecule has 0 amide bonds. The zero-order valence-electron chi connectivity index (χ0n) is 9.14. The molecule has 86 valence electrons. The van der Waals surface area contributed by atoms with Crippen LogP contribution in [0, 0.1) is 6.92 Å². The molecule has 0 radical (unpaired) electrons. The van der Waals surface area contributed by atoms with Gasteiger partial charge in [-0.3, -0.25) is 4.79 Å². The number of aliphatic carboxylic acids is 1. The molecular formula is C12H15NO3. The molecule has 1 heterocycles. The third-order valence-electron chi connectivity index (χ3n) is 2.68. The Hall–Kier alpha value is -1.55. The molecular weight excluding hydrogens is 206 g/mol. The van der Waals surface area contributed by atoms with Gasteiger partial charge in [0.05, 0.1) is 0 Å². The number of carboxylic acids is 1. The van der Waals surface area contributed by atoms with E-state index < -0.39 is 12.0 Å². The molecule has 2 N–H and O–H groups in total. The van der Waals surface area contributed by atoms with Crippen molar-refractivity contribution in [3.63, 3.8) is 0 Å². The number of ether oxygens (including phenoxy) is 1. The van der Waals surface area contributed by atoms with Crippen LogP contribution < -0.4 is 10.1 Å². The van der Waals surface area contributed by atoms with Crippen molar-refractivity contribution in [3.8, 4) is 5.75 Å². The number of rotatable bonds is 3. The lowest BCUT2D eigenvalue weighted by Crippen LogP contribution is -2.30. The van der Waals surface area contributed by atoms with Crippen LogP contribution in [-0.2, 0) is 4.79 Å². The molecule has 1 saturated heterocycles. The van der Waals surface area contributed by atoms with E-state index in [0.29, 0.717) is 13.0 Å². The highest BCUT2D eigenvalue weighted by molar-refractivity contribution is 5.73. The van der Waals surface area contributed by atoms with Crippen molar-refractivity contribution in [1.82, 2.24) is 5.32 Å². The van der Waals surface area contributed by atoms with Crippen LogP contribution in [0.25, 0.3) is 0 Å². The highest BCUT2D eigenvalue weighted by atomic mass is 16.5. The van der Waals surface area contributed by atoms with Crippen LogP contribution in [0.3, 0.4) is 0 Å². The van der Waals surface area contributed by atoms with Gasteiger partial charge in [-0.25, -0.2) is 0 Å². The minimum absolute atomic E-state index is 0.0529. The minimum atomic E-state index is -0.810. The third kappa shape index (κ3) is 2.52. The van der Waals surface area contributed by atoms with Crippen molar-refractivity contribution in [3.05, 3.63) is 29.8 Å². The molecule has 0 bridgehead atoms. The van der Waals surface area contributed by atoms with Gasteiger partial charge in [0, 0.05) is 13.0 Å². The van der Waals surface area contributed by atoms with Crippen molar-refractivity contribution in [2.24, 2.45) is 0 Å². The minimum Gasteiger partial charge on any atom is -0.489 e. The molecule has 1 aromatic rings. The molecule has 1 aliphatic rings. The maximum atomic E-state index is 10.7. The fraction of sp³-hybridized carbons (Fsp3) is 0.417. The summed E-state index contributed by atoms with van der Waals surface area (Å²) in [6.45, 7) is 2.59. The van der Waals surface area contributed by atoms with Crippen LogP contribution in [-0.4, -0.2) is 29.8 Å². The second-order valence-electron chi connectivity index (χ2n) is 4.09. The fourth-order valence-electron chi connectivity index (χ4n) is 1.86. The molecule has 4 heteroatoms. The quantitative estimate of drug-likeness (QED) is 0.805. The summed E-state index contributed by atoms with van der Waals surface area (Å²) in [6, 6.07) is 7.30. The number of benzene rings is 1. The molecule has 1 aliphatic heterocycles. The summed E-state index contributed by atoms with van der Waals surface area (Å²) >= 11 is 0. The van der Waals surface area contributed by atoms with Gasteiger partial charge in [-0.05, 0) is 24.6 Å². The van der Waals surface area contributed by atoms with Crippen molar-refractivity contribution in [2.45, 2.75) is 25.5 Å². The van der Waals surface area contributed by atoms with Crippen molar-refractivity contribution in [2.75, 3.05) is 6.54 Å². The Morgan fingerprint density at radius 3 is 3.00 bits per heavy atom. The van der Waals surface area contributed by atoms with Gasteiger partial charge >= 0.3 is 5.97 Å². The number of hydrogen-bond acceptors (Lipinski definition) is 3. The predicted octanol–water partition coefficient (Wildman–Crippen LogP) is 1.19. The normalized spacial score (nSPS) is 24.3. The summed E-state index contributed by atoms with van der Waals surface area (Å²) in [4.78, 5) is 10.7. The molecule has 0 spiro atoms. The van der Waals surface area contributed by atoms with Crippen molar-refractivity contribution < 1.29 is 14.6 Å². The third-order valence-corrected chi connectivity index (χ3v) is 2.68. The van der Waals surface area contributed by atoms with E-state index in [4.69, 9.17) is 9.84 Å². The summed E-state index contributed by atoms with van der Waals surface area (Å²) in [7, 11) is 0. The Labute approximate surface area is 94.2 Å². The average Bonchev–Trinajstić information content (AvgIpc) is 2.66. The number of carbonyl (C=O) groups is 1. The topological polar surface area (TPSA) is 58.6 Å². The summed E-state index contributed by atoms with van der Waals surface area (Å²) in [5.41, 5.74) is 1.14. The van der Waals surface area contributed by atoms with Gasteiger partial charge in [-0.2, -0.15) is 0 Å². The van der Waals surface area contributed by atoms with Crippen LogP contribution >= 0.6 is 0 Å². The Morgan fingerprint density at radius 2 is 2.38 bits per heavy atom. The van der Waals surface area contributed by atoms with Gasteiger partial charge < -0.3 is 15.2 Å². The van der Waals surface area contributed by atoms with E-state index in [1.165, 1.54) is 0 Å². The first-order valence-electron chi connectivity index (χ1n) is 5.34. The first-order chi connectivity index (χ1) is 7.65. The van der Waals surface area contributed by atoms with Crippen molar-refractivity contribution >= 4 is 5.97 Å². The molecule has 2 rings (SSSR count). The largest absolute Gasteiger partial charge is 0.489 e. The van der Waals surface area contributed by atoms with Crippen LogP contribution in [0.4, 0.5) is 0 Å². The Morgan fingerprint density at radius 1 is 1.56 bits per heavy atom. The first kappa shape index (κ1) is 11.0. The SMILES string of the molecule is Cc1cccc(OC2CNC(C(=O)O)C2)c1. The van der Waals surface area contributed by atoms with Gasteiger partial charge in [-0.1, -0.05) is 12.1 Å². The number of aryl methyl sites for hydroxylation is 1. The molecule has 4 nitrogen and oxygen atoms in total. The van der Waals surface area contributed by atoms with Crippen LogP contribution in [0.5, 0.6) is 5.75 Å². The van der Waals surface area contributed by atoms with Gasteiger partial charge in [0.15, 0.2) is 0 Å². The van der Waals surface area contributed by atoms with Gasteiger partial charge in [0.2, 0.25) is 0 Å². The van der Waals surface area contributed by atoms with E-state index in [1.807, 2.05) is 31.2 Å². The zero-order chi connectivity index (χ0) is 11.5. The zero-order valence-corrected chi connectivity index (χ0v) is 9.14. The lowest BCUT2D eigenvalue weighted by atomic mass is 10.2. The molecule has 2 atom stereocenters. The molecule has 1 fully saturated rings. The highest BCUT2D eigenvalue weighted by Crippen LogP contribution is 2.18. The summed E-state index contributed by atoms with van der Waals surface area (Å²) in [5, 5.41) is 11.7. The van der Waals surface area contributed by atoms with Gasteiger partial charge in [0.1, 0.15) is 17.9 Å². The Kier molecular flexibility index (Phi) is 3.10. The second-order valence-corrected chi connectivity index (χ2v) is 4.09. The van der Waals surface area contributed by atoms with E-state index in [9.17, 15) is 4.79 Å². The molecule has 2 unspecified atom stereocenters. The molecule has 0 aromatic heterocycles. The molecule has 0 saturated carbocycles. The van der Waals surface area contributed by atoms with E-state index in [2.05, 4.69) is 5.32 Å². The van der Waals surface area contributed by atoms with Crippen molar-refractivity contribution in [1.29, 1.82) is 0 Å². The smallest absolute Gasteiger partial charge is 0.320 e. The van der Waals surface area contributed by atoms with Gasteiger partial charge in [0.25, 0.3) is 0 Å². The lowest BCUT2D eigenvalue weighted by molar-refractivity contribution is -0.139. The fourth-order valence-corrected chi connectivity index (χ4v) is 1.86. The van der Waals surface area contributed by atoms with E-state index in [-0.39, 0.29) is 6.10 Å². The summed E-state index contributed by atoms with van der Waals surface area (Å²) < 4.78 is 5.71. The average molecular weight is 221 g/mol. The lowest BCUT2D eigenvalue weighted by Gasteiger charge is -2.12. The summed E-state index contributed by atoms with van der Waals surface area (Å²) in [5.74, 6) is -0.00631. The van der Waals surface area contributed by atoms with E-state index in [1.54, 1.807) is 0 Å². The van der Waals surface area contributed by atoms with Crippen LogP contribution in [0.2, 0.25) is 0 Å². The van der Waals surface area contributed by atoms with E-state index in [0.717, 1.165) is 11.3 Å². The molecule has 1 aromatic carbocycles. The standard InChI is InChI=1S/C12H15NO3/c1-8-3-2-4-9(5-8)16-10-6-11(12(14)15)13-7-10/h2-5,10-11,13H,6-7H2,1H3,(H,14,15). The first-order valence-corrected chi connectivity index (χ1v) is 5.34. The van der Waals surface area contributed by atoms with Crippen LogP contribution in [0.15, 0.2) is 24.3 Å². The van der Waals surface area contributed by atoms with E-state index >= 15 is 0 Å². The number of nitrogens with one attached hydrogen (secondary N) is 1. The maximum Gasteiger partial charge on any atom is 0.320 e. The Bertz CT molecular complexity index is 392. The van der Waals surface area contributed by atoms with Crippen LogP contribution in [0.1, 0.15) is 12.0 Å². The molecule has 0 aliphatic carbocycles. The number of carboxylic acid groups (broad SMARTS) is 1.